The second kappa shape index (κ2) is 5.34. The van der Waals surface area contributed by atoms with Gasteiger partial charge in [0.2, 0.25) is 0 Å². The summed E-state index contributed by atoms with van der Waals surface area (Å²) >= 11 is 0. The van der Waals surface area contributed by atoms with E-state index in [1.165, 1.54) is 36.5 Å². The van der Waals surface area contributed by atoms with Gasteiger partial charge in [0.25, 0.3) is 5.69 Å². The minimum atomic E-state index is -0.766. The Morgan fingerprint density at radius 1 is 1.11 bits per heavy atom. The van der Waals surface area contributed by atoms with Crippen LogP contribution in [0.25, 0.3) is 0 Å². The summed E-state index contributed by atoms with van der Waals surface area (Å²) in [6.45, 7) is 0. The number of rotatable bonds is 3. The van der Waals surface area contributed by atoms with Crippen molar-refractivity contribution in [3.8, 4) is 0 Å². The third kappa shape index (κ3) is 3.19. The van der Waals surface area contributed by atoms with Crippen molar-refractivity contribution in [3.63, 3.8) is 0 Å². The SMILES string of the molecule is O=[N+]([O-])c1ccc(C=Nc2ccc(F)cc2F)cc1. The van der Waals surface area contributed by atoms with E-state index in [0.29, 0.717) is 5.56 Å². The highest BCUT2D eigenvalue weighted by Crippen LogP contribution is 2.18. The Balaban J connectivity index is 2.20. The number of aliphatic imine (C=N–C) groups is 1. The molecule has 0 aromatic heterocycles. The summed E-state index contributed by atoms with van der Waals surface area (Å²) in [7, 11) is 0. The molecule has 0 fully saturated rings. The van der Waals surface area contributed by atoms with Crippen LogP contribution in [-0.2, 0) is 0 Å². The van der Waals surface area contributed by atoms with Gasteiger partial charge in [-0.1, -0.05) is 0 Å². The molecule has 6 heteroatoms. The molecule has 19 heavy (non-hydrogen) atoms. The van der Waals surface area contributed by atoms with Gasteiger partial charge in [-0.25, -0.2) is 8.78 Å². The molecule has 0 radical (unpaired) electrons. The van der Waals surface area contributed by atoms with Gasteiger partial charge in [0, 0.05) is 24.4 Å². The van der Waals surface area contributed by atoms with E-state index in [-0.39, 0.29) is 11.4 Å². The first-order valence-electron chi connectivity index (χ1n) is 5.30. The van der Waals surface area contributed by atoms with Crippen LogP contribution in [0.5, 0.6) is 0 Å². The maximum atomic E-state index is 13.3. The van der Waals surface area contributed by atoms with Gasteiger partial charge in [0.1, 0.15) is 5.82 Å². The van der Waals surface area contributed by atoms with Gasteiger partial charge in [-0.05, 0) is 29.8 Å². The van der Waals surface area contributed by atoms with Crippen LogP contribution in [0.2, 0.25) is 0 Å². The van der Waals surface area contributed by atoms with Crippen molar-refractivity contribution in [3.05, 3.63) is 69.8 Å². The summed E-state index contributed by atoms with van der Waals surface area (Å²) in [5.74, 6) is -1.44. The van der Waals surface area contributed by atoms with Crippen LogP contribution in [-0.4, -0.2) is 11.1 Å². The van der Waals surface area contributed by atoms with E-state index in [0.717, 1.165) is 12.1 Å². The topological polar surface area (TPSA) is 55.5 Å². The van der Waals surface area contributed by atoms with Gasteiger partial charge in [-0.2, -0.15) is 0 Å². The van der Waals surface area contributed by atoms with Crippen LogP contribution in [0.1, 0.15) is 5.56 Å². The van der Waals surface area contributed by atoms with Gasteiger partial charge in [0.05, 0.1) is 10.6 Å². The van der Waals surface area contributed by atoms with E-state index in [1.54, 1.807) is 0 Å². The van der Waals surface area contributed by atoms with Gasteiger partial charge < -0.3 is 0 Å². The Kier molecular flexibility index (Phi) is 3.61. The lowest BCUT2D eigenvalue weighted by molar-refractivity contribution is -0.384. The standard InChI is InChI=1S/C13H8F2N2O2/c14-10-3-6-13(12(15)7-10)16-8-9-1-4-11(5-2-9)17(18)19/h1-8H. The first-order chi connectivity index (χ1) is 9.06. The normalized spacial score (nSPS) is 10.8. The fraction of sp³-hybridized carbons (Fsp3) is 0. The summed E-state index contributed by atoms with van der Waals surface area (Å²) in [6, 6.07) is 8.68. The molecular weight excluding hydrogens is 254 g/mol. The van der Waals surface area contributed by atoms with Gasteiger partial charge >= 0.3 is 0 Å². The number of nitro groups is 1. The second-order valence-electron chi connectivity index (χ2n) is 3.70. The highest BCUT2D eigenvalue weighted by Gasteiger charge is 2.03. The molecule has 0 heterocycles. The summed E-state index contributed by atoms with van der Waals surface area (Å²) < 4.78 is 26.0. The van der Waals surface area contributed by atoms with Crippen molar-refractivity contribution in [2.75, 3.05) is 0 Å². The molecule has 2 aromatic carbocycles. The van der Waals surface area contributed by atoms with Crippen LogP contribution < -0.4 is 0 Å². The molecule has 2 aromatic rings. The van der Waals surface area contributed by atoms with Crippen LogP contribution >= 0.6 is 0 Å². The quantitative estimate of drug-likeness (QED) is 0.482. The zero-order chi connectivity index (χ0) is 13.8. The third-order valence-corrected chi connectivity index (χ3v) is 2.37. The van der Waals surface area contributed by atoms with Crippen molar-refractivity contribution in [2.45, 2.75) is 0 Å². The fourth-order valence-electron chi connectivity index (χ4n) is 1.41. The lowest BCUT2D eigenvalue weighted by Gasteiger charge is -1.97. The molecule has 96 valence electrons. The fourth-order valence-corrected chi connectivity index (χ4v) is 1.41. The third-order valence-electron chi connectivity index (χ3n) is 2.37. The summed E-state index contributed by atoms with van der Waals surface area (Å²) in [6.07, 6.45) is 1.35. The molecular formula is C13H8F2N2O2. The summed E-state index contributed by atoms with van der Waals surface area (Å²) in [4.78, 5) is 13.8. The van der Waals surface area contributed by atoms with Crippen LogP contribution in [0, 0.1) is 21.7 Å². The molecule has 0 unspecified atom stereocenters. The lowest BCUT2D eigenvalue weighted by Crippen LogP contribution is -1.88. The first-order valence-corrected chi connectivity index (χ1v) is 5.30. The van der Waals surface area contributed by atoms with E-state index in [2.05, 4.69) is 4.99 Å². The Labute approximate surface area is 107 Å². The summed E-state index contributed by atoms with van der Waals surface area (Å²) in [5, 5.41) is 10.5. The maximum Gasteiger partial charge on any atom is 0.269 e. The molecule has 4 nitrogen and oxygen atoms in total. The van der Waals surface area contributed by atoms with Crippen molar-refractivity contribution in [1.82, 2.24) is 0 Å². The molecule has 0 aliphatic carbocycles. The Morgan fingerprint density at radius 3 is 2.37 bits per heavy atom. The van der Waals surface area contributed by atoms with Crippen molar-refractivity contribution in [1.29, 1.82) is 0 Å². The van der Waals surface area contributed by atoms with Gasteiger partial charge in [-0.15, -0.1) is 0 Å². The number of nitrogens with zero attached hydrogens (tertiary/aromatic N) is 2. The number of hydrogen-bond donors (Lipinski definition) is 0. The molecule has 0 spiro atoms. The lowest BCUT2D eigenvalue weighted by atomic mass is 10.2. The number of nitro benzene ring substituents is 1. The first kappa shape index (κ1) is 12.8. The predicted octanol–water partition coefficient (Wildman–Crippen LogP) is 3.62. The van der Waals surface area contributed by atoms with Crippen LogP contribution in [0.3, 0.4) is 0 Å². The number of benzene rings is 2. The molecule has 0 saturated carbocycles. The Bertz CT molecular complexity index is 640. The van der Waals surface area contributed by atoms with E-state index in [9.17, 15) is 18.9 Å². The van der Waals surface area contributed by atoms with Crippen molar-refractivity contribution >= 4 is 17.6 Å². The largest absolute Gasteiger partial charge is 0.269 e. The Hall–Kier alpha value is -2.63. The average molecular weight is 262 g/mol. The molecule has 0 bridgehead atoms. The highest BCUT2D eigenvalue weighted by atomic mass is 19.1. The maximum absolute atomic E-state index is 13.3. The minimum absolute atomic E-state index is 0.000229. The highest BCUT2D eigenvalue weighted by molar-refractivity contribution is 5.82. The molecule has 0 atom stereocenters. The van der Waals surface area contributed by atoms with Crippen LogP contribution in [0.4, 0.5) is 20.2 Å². The zero-order valence-corrected chi connectivity index (χ0v) is 9.59. The van der Waals surface area contributed by atoms with Crippen molar-refractivity contribution < 1.29 is 13.7 Å². The zero-order valence-electron chi connectivity index (χ0n) is 9.59. The van der Waals surface area contributed by atoms with Gasteiger partial charge in [-0.3, -0.25) is 15.1 Å². The molecule has 0 N–H and O–H groups in total. The monoisotopic (exact) mass is 262 g/mol. The van der Waals surface area contributed by atoms with Crippen molar-refractivity contribution in [2.24, 2.45) is 4.99 Å². The molecule has 0 aliphatic heterocycles. The molecule has 0 aliphatic rings. The molecule has 0 saturated heterocycles. The minimum Gasteiger partial charge on any atom is -0.258 e. The number of halogens is 2. The Morgan fingerprint density at radius 2 is 1.79 bits per heavy atom. The smallest absolute Gasteiger partial charge is 0.258 e. The van der Waals surface area contributed by atoms with Crippen LogP contribution in [0.15, 0.2) is 47.5 Å². The summed E-state index contributed by atoms with van der Waals surface area (Å²) in [5.41, 5.74) is 0.541. The van der Waals surface area contributed by atoms with Gasteiger partial charge in [0.15, 0.2) is 5.82 Å². The van der Waals surface area contributed by atoms with E-state index < -0.39 is 16.6 Å². The van der Waals surface area contributed by atoms with E-state index in [1.807, 2.05) is 0 Å². The average Bonchev–Trinajstić information content (AvgIpc) is 2.38. The van der Waals surface area contributed by atoms with E-state index in [4.69, 9.17) is 0 Å². The number of non-ortho nitro benzene ring substituents is 1. The number of hydrogen-bond acceptors (Lipinski definition) is 3. The van der Waals surface area contributed by atoms with E-state index >= 15 is 0 Å². The second-order valence-corrected chi connectivity index (χ2v) is 3.70. The molecule has 0 amide bonds. The predicted molar refractivity (Wildman–Crippen MR) is 66.7 cm³/mol. The molecule has 2 rings (SSSR count).